The van der Waals surface area contributed by atoms with Crippen LogP contribution in [0.15, 0.2) is 48.9 Å². The Bertz CT molecular complexity index is 613. The molecule has 5 nitrogen and oxygen atoms in total. The van der Waals surface area contributed by atoms with Gasteiger partial charge in [0.2, 0.25) is 5.91 Å². The van der Waals surface area contributed by atoms with Crippen molar-refractivity contribution in [3.63, 3.8) is 0 Å². The zero-order valence-electron chi connectivity index (χ0n) is 13.1. The van der Waals surface area contributed by atoms with Gasteiger partial charge in [-0.05, 0) is 36.6 Å². The Morgan fingerprint density at radius 2 is 2.22 bits per heavy atom. The van der Waals surface area contributed by atoms with Crippen LogP contribution in [0.5, 0.6) is 0 Å². The summed E-state index contributed by atoms with van der Waals surface area (Å²) in [5.41, 5.74) is 1.82. The molecule has 0 N–H and O–H groups in total. The summed E-state index contributed by atoms with van der Waals surface area (Å²) >= 11 is 0. The number of carbonyl (C=O) groups is 1. The molecule has 0 spiro atoms. The highest BCUT2D eigenvalue weighted by molar-refractivity contribution is 5.78. The summed E-state index contributed by atoms with van der Waals surface area (Å²) in [6.07, 6.45) is 7.78. The highest BCUT2D eigenvalue weighted by Crippen LogP contribution is 2.15. The molecule has 120 valence electrons. The molecule has 5 heteroatoms. The minimum Gasteiger partial charge on any atom is -0.376 e. The van der Waals surface area contributed by atoms with E-state index >= 15 is 0 Å². The lowest BCUT2D eigenvalue weighted by atomic mass is 10.1. The lowest BCUT2D eigenvalue weighted by Crippen LogP contribution is -2.38. The average Bonchev–Trinajstić information content (AvgIpc) is 3.09. The fraction of sp³-hybridized carbons (Fsp3) is 0.389. The Morgan fingerprint density at radius 1 is 1.26 bits per heavy atom. The van der Waals surface area contributed by atoms with Gasteiger partial charge in [0.25, 0.3) is 0 Å². The van der Waals surface area contributed by atoms with Crippen LogP contribution in [0.2, 0.25) is 0 Å². The molecule has 1 saturated heterocycles. The number of nitrogens with zero attached hydrogens (tertiary/aromatic N) is 3. The largest absolute Gasteiger partial charge is 0.376 e. The highest BCUT2D eigenvalue weighted by Gasteiger charge is 2.23. The van der Waals surface area contributed by atoms with E-state index in [9.17, 15) is 4.79 Å². The molecule has 1 atom stereocenters. The predicted octanol–water partition coefficient (Wildman–Crippen LogP) is 2.23. The van der Waals surface area contributed by atoms with Gasteiger partial charge in [0, 0.05) is 31.7 Å². The lowest BCUT2D eigenvalue weighted by molar-refractivity contribution is -0.132. The van der Waals surface area contributed by atoms with E-state index in [1.807, 2.05) is 35.2 Å². The van der Waals surface area contributed by atoms with Crippen LogP contribution in [0, 0.1) is 0 Å². The van der Waals surface area contributed by atoms with Gasteiger partial charge in [-0.25, -0.2) is 0 Å². The third-order valence-electron chi connectivity index (χ3n) is 3.96. The van der Waals surface area contributed by atoms with E-state index in [-0.39, 0.29) is 12.0 Å². The SMILES string of the molecule is O=C(Cc1cccnc1)N(Cc1ccccn1)CC1CCCO1. The van der Waals surface area contributed by atoms with Crippen LogP contribution < -0.4 is 0 Å². The van der Waals surface area contributed by atoms with Crippen LogP contribution in [0.4, 0.5) is 0 Å². The molecule has 2 aromatic heterocycles. The minimum absolute atomic E-state index is 0.0825. The molecule has 3 rings (SSSR count). The number of aromatic nitrogens is 2. The van der Waals surface area contributed by atoms with Crippen molar-refractivity contribution in [2.24, 2.45) is 0 Å². The van der Waals surface area contributed by atoms with Gasteiger partial charge in [-0.2, -0.15) is 0 Å². The van der Waals surface area contributed by atoms with E-state index in [0.717, 1.165) is 30.7 Å². The van der Waals surface area contributed by atoms with Crippen LogP contribution in [-0.2, 0) is 22.5 Å². The molecule has 2 aromatic rings. The highest BCUT2D eigenvalue weighted by atomic mass is 16.5. The van der Waals surface area contributed by atoms with E-state index in [4.69, 9.17) is 4.74 Å². The van der Waals surface area contributed by atoms with Gasteiger partial charge in [-0.1, -0.05) is 12.1 Å². The fourth-order valence-electron chi connectivity index (χ4n) is 2.77. The topological polar surface area (TPSA) is 55.3 Å². The van der Waals surface area contributed by atoms with E-state index in [1.54, 1.807) is 18.6 Å². The molecule has 1 fully saturated rings. The van der Waals surface area contributed by atoms with Crippen LogP contribution >= 0.6 is 0 Å². The number of amides is 1. The minimum atomic E-state index is 0.0825. The van der Waals surface area contributed by atoms with Crippen LogP contribution in [0.1, 0.15) is 24.1 Å². The van der Waals surface area contributed by atoms with Crippen molar-refractivity contribution in [1.82, 2.24) is 14.9 Å². The summed E-state index contributed by atoms with van der Waals surface area (Å²) in [6, 6.07) is 9.55. The van der Waals surface area contributed by atoms with Crippen molar-refractivity contribution >= 4 is 5.91 Å². The van der Waals surface area contributed by atoms with E-state index in [1.165, 1.54) is 0 Å². The number of carbonyl (C=O) groups excluding carboxylic acids is 1. The summed E-state index contributed by atoms with van der Waals surface area (Å²) in [7, 11) is 0. The van der Waals surface area contributed by atoms with Crippen molar-refractivity contribution < 1.29 is 9.53 Å². The molecule has 0 aliphatic carbocycles. The molecule has 1 aliphatic rings. The van der Waals surface area contributed by atoms with Crippen LogP contribution in [0.3, 0.4) is 0 Å². The Balaban J connectivity index is 1.69. The molecule has 1 amide bonds. The van der Waals surface area contributed by atoms with Gasteiger partial charge in [0.1, 0.15) is 0 Å². The maximum absolute atomic E-state index is 12.7. The second-order valence-electron chi connectivity index (χ2n) is 5.77. The molecule has 0 radical (unpaired) electrons. The van der Waals surface area contributed by atoms with E-state index < -0.39 is 0 Å². The van der Waals surface area contributed by atoms with Gasteiger partial charge in [-0.3, -0.25) is 14.8 Å². The van der Waals surface area contributed by atoms with E-state index in [0.29, 0.717) is 19.5 Å². The molecule has 0 bridgehead atoms. The van der Waals surface area contributed by atoms with Crippen LogP contribution in [0.25, 0.3) is 0 Å². The molecular formula is C18H21N3O2. The number of hydrogen-bond donors (Lipinski definition) is 0. The monoisotopic (exact) mass is 311 g/mol. The number of hydrogen-bond acceptors (Lipinski definition) is 4. The predicted molar refractivity (Wildman–Crippen MR) is 86.6 cm³/mol. The first-order valence-corrected chi connectivity index (χ1v) is 7.99. The molecule has 3 heterocycles. The van der Waals surface area contributed by atoms with Crippen molar-refractivity contribution in [2.75, 3.05) is 13.2 Å². The van der Waals surface area contributed by atoms with Crippen LogP contribution in [-0.4, -0.2) is 40.0 Å². The Hall–Kier alpha value is -2.27. The summed E-state index contributed by atoms with van der Waals surface area (Å²) < 4.78 is 5.69. The first-order valence-electron chi connectivity index (χ1n) is 7.99. The van der Waals surface area contributed by atoms with Crippen molar-refractivity contribution in [2.45, 2.75) is 31.9 Å². The molecule has 23 heavy (non-hydrogen) atoms. The van der Waals surface area contributed by atoms with E-state index in [2.05, 4.69) is 9.97 Å². The summed E-state index contributed by atoms with van der Waals surface area (Å²) in [6.45, 7) is 1.92. The number of pyridine rings is 2. The maximum atomic E-state index is 12.7. The summed E-state index contributed by atoms with van der Waals surface area (Å²) in [5.74, 6) is 0.0825. The Labute approximate surface area is 136 Å². The lowest BCUT2D eigenvalue weighted by Gasteiger charge is -2.25. The first-order chi connectivity index (χ1) is 11.3. The van der Waals surface area contributed by atoms with Crippen molar-refractivity contribution in [3.05, 3.63) is 60.2 Å². The molecule has 0 aromatic carbocycles. The summed E-state index contributed by atoms with van der Waals surface area (Å²) in [5, 5.41) is 0. The molecule has 0 saturated carbocycles. The smallest absolute Gasteiger partial charge is 0.227 e. The third-order valence-corrected chi connectivity index (χ3v) is 3.96. The van der Waals surface area contributed by atoms with Gasteiger partial charge < -0.3 is 9.64 Å². The molecule has 1 aliphatic heterocycles. The maximum Gasteiger partial charge on any atom is 0.227 e. The second-order valence-corrected chi connectivity index (χ2v) is 5.77. The fourth-order valence-corrected chi connectivity index (χ4v) is 2.77. The zero-order chi connectivity index (χ0) is 15.9. The normalized spacial score (nSPS) is 17.1. The van der Waals surface area contributed by atoms with Gasteiger partial charge in [0.15, 0.2) is 0 Å². The number of rotatable bonds is 6. The summed E-state index contributed by atoms with van der Waals surface area (Å²) in [4.78, 5) is 23.0. The first kappa shape index (κ1) is 15.6. The van der Waals surface area contributed by atoms with Gasteiger partial charge >= 0.3 is 0 Å². The zero-order valence-corrected chi connectivity index (χ0v) is 13.1. The Kier molecular flexibility index (Phi) is 5.32. The van der Waals surface area contributed by atoms with Gasteiger partial charge in [-0.15, -0.1) is 0 Å². The molecule has 1 unspecified atom stereocenters. The third kappa shape index (κ3) is 4.60. The quantitative estimate of drug-likeness (QED) is 0.821. The molecular weight excluding hydrogens is 290 g/mol. The van der Waals surface area contributed by atoms with Crippen molar-refractivity contribution in [3.8, 4) is 0 Å². The average molecular weight is 311 g/mol. The number of ether oxygens (including phenoxy) is 1. The standard InChI is InChI=1S/C18H21N3O2/c22-18(11-15-5-3-8-19-12-15)21(14-17-7-4-10-23-17)13-16-6-1-2-9-20-16/h1-3,5-6,8-9,12,17H,4,7,10-11,13-14H2. The second kappa shape index (κ2) is 7.83. The Morgan fingerprint density at radius 3 is 2.91 bits per heavy atom. The van der Waals surface area contributed by atoms with Crippen molar-refractivity contribution in [1.29, 1.82) is 0 Å². The van der Waals surface area contributed by atoms with Gasteiger partial charge in [0.05, 0.1) is 24.8 Å².